The largest absolute Gasteiger partial charge is 0.399 e. The lowest BCUT2D eigenvalue weighted by Gasteiger charge is -2.36. The van der Waals surface area contributed by atoms with Crippen LogP contribution in [0.15, 0.2) is 71.6 Å². The number of nitrogens with two attached hydrogens (primary N) is 2. The molecule has 1 fully saturated rings. The van der Waals surface area contributed by atoms with Gasteiger partial charge in [0.1, 0.15) is 0 Å². The van der Waals surface area contributed by atoms with Gasteiger partial charge in [0, 0.05) is 25.2 Å². The Morgan fingerprint density at radius 3 is 2.32 bits per heavy atom. The summed E-state index contributed by atoms with van der Waals surface area (Å²) in [6.07, 6.45) is 2.56. The molecule has 0 aliphatic carbocycles. The maximum Gasteiger partial charge on any atom is 0.259 e. The van der Waals surface area contributed by atoms with Crippen LogP contribution in [-0.4, -0.2) is 37.2 Å². The standard InChI is InChI=1S/C24H27N3O3S/c25-21-10-6-7-18(15-21)17-24(26,23(28)27-13-4-1-5-14-27)31(29,30)22-12-11-19-8-2-3-9-20(19)16-22/h2-3,6-12,15-16H,1,4-5,13-14,17,25-26H2/t24-/m1/s1. The lowest BCUT2D eigenvalue weighted by molar-refractivity contribution is -0.134. The van der Waals surface area contributed by atoms with Gasteiger partial charge in [0.25, 0.3) is 5.91 Å². The molecule has 0 spiro atoms. The van der Waals surface area contributed by atoms with Crippen molar-refractivity contribution in [2.75, 3.05) is 18.8 Å². The number of carbonyl (C=O) groups is 1. The highest BCUT2D eigenvalue weighted by Gasteiger charge is 2.50. The first-order valence-electron chi connectivity index (χ1n) is 10.5. The maximum atomic E-state index is 13.9. The van der Waals surface area contributed by atoms with Gasteiger partial charge in [0.05, 0.1) is 4.90 Å². The molecule has 6 nitrogen and oxygen atoms in total. The van der Waals surface area contributed by atoms with E-state index in [0.29, 0.717) is 24.3 Å². The van der Waals surface area contributed by atoms with E-state index < -0.39 is 20.6 Å². The van der Waals surface area contributed by atoms with Crippen molar-refractivity contribution in [3.63, 3.8) is 0 Å². The Kier molecular flexibility index (Phi) is 5.73. The van der Waals surface area contributed by atoms with Crippen molar-refractivity contribution in [2.24, 2.45) is 5.73 Å². The molecule has 0 bridgehead atoms. The second kappa shape index (κ2) is 8.32. The molecule has 1 amide bonds. The first-order valence-corrected chi connectivity index (χ1v) is 12.0. The van der Waals surface area contributed by atoms with Crippen LogP contribution in [0.1, 0.15) is 24.8 Å². The fraction of sp³-hybridized carbons (Fsp3) is 0.292. The van der Waals surface area contributed by atoms with Gasteiger partial charge in [0.2, 0.25) is 14.7 Å². The first kappa shape index (κ1) is 21.3. The van der Waals surface area contributed by atoms with Crippen LogP contribution in [0, 0.1) is 0 Å². The van der Waals surface area contributed by atoms with Crippen LogP contribution in [0.25, 0.3) is 10.8 Å². The van der Waals surface area contributed by atoms with E-state index in [2.05, 4.69) is 0 Å². The Morgan fingerprint density at radius 2 is 1.61 bits per heavy atom. The summed E-state index contributed by atoms with van der Waals surface area (Å²) in [4.78, 5) is 13.1. The van der Waals surface area contributed by atoms with E-state index in [4.69, 9.17) is 11.5 Å². The van der Waals surface area contributed by atoms with Crippen molar-refractivity contribution in [3.05, 3.63) is 72.3 Å². The zero-order valence-electron chi connectivity index (χ0n) is 17.3. The molecule has 1 aliphatic rings. The van der Waals surface area contributed by atoms with Gasteiger partial charge >= 0.3 is 0 Å². The third-order valence-electron chi connectivity index (χ3n) is 5.93. The molecule has 0 unspecified atom stereocenters. The number of piperidine rings is 1. The van der Waals surface area contributed by atoms with E-state index in [1.165, 1.54) is 6.07 Å². The summed E-state index contributed by atoms with van der Waals surface area (Å²) < 4.78 is 27.7. The first-order chi connectivity index (χ1) is 14.8. The number of rotatable bonds is 5. The second-order valence-electron chi connectivity index (χ2n) is 8.18. The Bertz CT molecular complexity index is 1220. The quantitative estimate of drug-likeness (QED) is 0.597. The Balaban J connectivity index is 1.81. The average Bonchev–Trinajstić information content (AvgIpc) is 2.78. The number of hydrogen-bond donors (Lipinski definition) is 2. The lowest BCUT2D eigenvalue weighted by Crippen LogP contribution is -2.62. The van der Waals surface area contributed by atoms with E-state index in [0.717, 1.165) is 30.0 Å². The number of anilines is 1. The van der Waals surface area contributed by atoms with Crippen LogP contribution in [0.4, 0.5) is 5.69 Å². The van der Waals surface area contributed by atoms with Crippen LogP contribution >= 0.6 is 0 Å². The third-order valence-corrected chi connectivity index (χ3v) is 8.09. The van der Waals surface area contributed by atoms with Crippen LogP contribution in [0.2, 0.25) is 0 Å². The Labute approximate surface area is 182 Å². The minimum absolute atomic E-state index is 0.0444. The predicted molar refractivity (Wildman–Crippen MR) is 123 cm³/mol. The molecular weight excluding hydrogens is 410 g/mol. The number of fused-ring (bicyclic) bond motifs is 1. The van der Waals surface area contributed by atoms with E-state index in [9.17, 15) is 13.2 Å². The molecule has 3 aromatic rings. The lowest BCUT2D eigenvalue weighted by atomic mass is 10.0. The highest BCUT2D eigenvalue weighted by atomic mass is 32.2. The predicted octanol–water partition coefficient (Wildman–Crippen LogP) is 3.11. The number of sulfone groups is 1. The SMILES string of the molecule is Nc1cccc(C[C@](N)(C(=O)N2CCCCC2)S(=O)(=O)c2ccc3ccccc3c2)c1. The number of carbonyl (C=O) groups excluding carboxylic acids is 1. The molecule has 1 aliphatic heterocycles. The van der Waals surface area contributed by atoms with Gasteiger partial charge in [-0.15, -0.1) is 0 Å². The summed E-state index contributed by atoms with van der Waals surface area (Å²) in [5.74, 6) is -0.553. The molecule has 4 rings (SSSR count). The van der Waals surface area contributed by atoms with Gasteiger partial charge in [0.15, 0.2) is 0 Å². The van der Waals surface area contributed by atoms with Crippen molar-refractivity contribution < 1.29 is 13.2 Å². The number of nitrogen functional groups attached to an aromatic ring is 1. The van der Waals surface area contributed by atoms with E-state index >= 15 is 0 Å². The summed E-state index contributed by atoms with van der Waals surface area (Å²) >= 11 is 0. The summed E-state index contributed by atoms with van der Waals surface area (Å²) in [7, 11) is -4.21. The summed E-state index contributed by atoms with van der Waals surface area (Å²) in [5, 5.41) is 1.70. The number of amides is 1. The number of benzene rings is 3. The molecule has 0 saturated carbocycles. The minimum Gasteiger partial charge on any atom is -0.399 e. The molecular formula is C24H27N3O3S. The van der Waals surface area contributed by atoms with Crippen molar-refractivity contribution >= 4 is 32.2 Å². The Hall–Kier alpha value is -2.90. The van der Waals surface area contributed by atoms with Gasteiger partial charge in [-0.25, -0.2) is 8.42 Å². The van der Waals surface area contributed by atoms with Gasteiger partial charge in [-0.05, 0) is 59.9 Å². The molecule has 1 atom stereocenters. The molecule has 0 aromatic heterocycles. The fourth-order valence-electron chi connectivity index (χ4n) is 4.20. The maximum absolute atomic E-state index is 13.9. The molecule has 31 heavy (non-hydrogen) atoms. The highest BCUT2D eigenvalue weighted by molar-refractivity contribution is 7.93. The van der Waals surface area contributed by atoms with Crippen LogP contribution < -0.4 is 11.5 Å². The molecule has 7 heteroatoms. The summed E-state index contributed by atoms with van der Waals surface area (Å²) in [6, 6.07) is 19.2. The van der Waals surface area contributed by atoms with Crippen molar-refractivity contribution in [1.82, 2.24) is 4.90 Å². The molecule has 162 valence electrons. The molecule has 0 radical (unpaired) electrons. The van der Waals surface area contributed by atoms with E-state index in [1.54, 1.807) is 41.3 Å². The topological polar surface area (TPSA) is 106 Å². The van der Waals surface area contributed by atoms with E-state index in [1.807, 2.05) is 24.3 Å². The Morgan fingerprint density at radius 1 is 0.903 bits per heavy atom. The third kappa shape index (κ3) is 4.03. The van der Waals surface area contributed by atoms with E-state index in [-0.39, 0.29) is 11.3 Å². The smallest absolute Gasteiger partial charge is 0.259 e. The molecule has 1 heterocycles. The van der Waals surface area contributed by atoms with Crippen molar-refractivity contribution in [1.29, 1.82) is 0 Å². The number of nitrogens with zero attached hydrogens (tertiary/aromatic N) is 1. The van der Waals surface area contributed by atoms with Gasteiger partial charge < -0.3 is 16.4 Å². The molecule has 4 N–H and O–H groups in total. The number of likely N-dealkylation sites (tertiary alicyclic amines) is 1. The van der Waals surface area contributed by atoms with Crippen LogP contribution in [-0.2, 0) is 21.1 Å². The fourth-order valence-corrected chi connectivity index (χ4v) is 5.87. The number of hydrogen-bond acceptors (Lipinski definition) is 5. The van der Waals surface area contributed by atoms with Crippen molar-refractivity contribution in [2.45, 2.75) is 35.4 Å². The van der Waals surface area contributed by atoms with Crippen LogP contribution in [0.5, 0.6) is 0 Å². The van der Waals surface area contributed by atoms with Gasteiger partial charge in [-0.2, -0.15) is 0 Å². The second-order valence-corrected chi connectivity index (χ2v) is 10.4. The molecule has 3 aromatic carbocycles. The summed E-state index contributed by atoms with van der Waals surface area (Å²) in [6.45, 7) is 1.03. The summed E-state index contributed by atoms with van der Waals surface area (Å²) in [5.41, 5.74) is 13.6. The van der Waals surface area contributed by atoms with Gasteiger partial charge in [-0.3, -0.25) is 4.79 Å². The monoisotopic (exact) mass is 437 g/mol. The average molecular weight is 438 g/mol. The van der Waals surface area contributed by atoms with Crippen molar-refractivity contribution in [3.8, 4) is 0 Å². The minimum atomic E-state index is -4.21. The zero-order chi connectivity index (χ0) is 22.1. The molecule has 1 saturated heterocycles. The van der Waals surface area contributed by atoms with Crippen LogP contribution in [0.3, 0.4) is 0 Å². The normalized spacial score (nSPS) is 16.7. The highest BCUT2D eigenvalue weighted by Crippen LogP contribution is 2.31. The van der Waals surface area contributed by atoms with Gasteiger partial charge in [-0.1, -0.05) is 42.5 Å². The zero-order valence-corrected chi connectivity index (χ0v) is 18.1.